The van der Waals surface area contributed by atoms with E-state index in [1.165, 1.54) is 18.2 Å². The van der Waals surface area contributed by atoms with E-state index < -0.39 is 53.6 Å². The molecule has 1 fully saturated rings. The number of aliphatic hydroxyl groups is 2. The molecule has 2 amide bonds. The summed E-state index contributed by atoms with van der Waals surface area (Å²) in [6.07, 6.45) is -2.83. The maximum atomic E-state index is 13.3. The molecule has 1 unspecified atom stereocenters. The molecule has 3 rings (SSSR count). The van der Waals surface area contributed by atoms with Crippen LogP contribution in [-0.4, -0.2) is 58.4 Å². The number of halogens is 2. The number of nitrogens with one attached hydrogen (secondary N) is 2. The van der Waals surface area contributed by atoms with Crippen molar-refractivity contribution in [2.75, 3.05) is 13.2 Å². The standard InChI is InChI=1S/C19H24F2N2O6S/c1-17(2,30)14(15(26)22-11(8-24)9-25)23-16(27)18(5-6-18)10-3-4-12-13(7-10)29-19(20,21)28-12/h3-4,7,11,14,24-25,30H,5-6,8-9H2,1-2H3,(H,22,26)(H,23,27). The highest BCUT2D eigenvalue weighted by Crippen LogP contribution is 2.52. The Morgan fingerprint density at radius 2 is 1.77 bits per heavy atom. The van der Waals surface area contributed by atoms with Crippen molar-refractivity contribution >= 4 is 24.4 Å². The summed E-state index contributed by atoms with van der Waals surface area (Å²) in [5, 5.41) is 23.5. The molecule has 166 valence electrons. The molecule has 2 aliphatic rings. The van der Waals surface area contributed by atoms with Gasteiger partial charge >= 0.3 is 6.29 Å². The van der Waals surface area contributed by atoms with E-state index in [0.717, 1.165) is 0 Å². The fourth-order valence-electron chi connectivity index (χ4n) is 3.28. The molecule has 8 nitrogen and oxygen atoms in total. The quantitative estimate of drug-likeness (QED) is 0.376. The summed E-state index contributed by atoms with van der Waals surface area (Å²) in [6, 6.07) is 2.23. The zero-order valence-electron chi connectivity index (χ0n) is 16.4. The zero-order valence-corrected chi connectivity index (χ0v) is 17.3. The number of fused-ring (bicyclic) bond motifs is 1. The monoisotopic (exact) mass is 446 g/mol. The number of hydrogen-bond donors (Lipinski definition) is 5. The molecule has 1 aromatic carbocycles. The Hall–Kier alpha value is -2.11. The first kappa shape index (κ1) is 22.6. The molecule has 11 heteroatoms. The van der Waals surface area contributed by atoms with Crippen LogP contribution >= 0.6 is 12.6 Å². The van der Waals surface area contributed by atoms with E-state index in [-0.39, 0.29) is 11.5 Å². The molecule has 30 heavy (non-hydrogen) atoms. The first-order chi connectivity index (χ1) is 13.9. The van der Waals surface area contributed by atoms with Crippen LogP contribution in [0.1, 0.15) is 32.3 Å². The predicted molar refractivity (Wildman–Crippen MR) is 105 cm³/mol. The Morgan fingerprint density at radius 3 is 2.30 bits per heavy atom. The molecule has 1 heterocycles. The largest absolute Gasteiger partial charge is 0.586 e. The van der Waals surface area contributed by atoms with Crippen molar-refractivity contribution in [3.63, 3.8) is 0 Å². The number of alkyl halides is 2. The Bertz CT molecular complexity index is 837. The lowest BCUT2D eigenvalue weighted by atomic mass is 9.93. The fraction of sp³-hybridized carbons (Fsp3) is 0.579. The molecule has 1 aliphatic carbocycles. The Balaban J connectivity index is 1.79. The van der Waals surface area contributed by atoms with Gasteiger partial charge in [0, 0.05) is 4.75 Å². The number of ether oxygens (including phenoxy) is 2. The second-order valence-electron chi connectivity index (χ2n) is 8.04. The molecule has 1 atom stereocenters. The van der Waals surface area contributed by atoms with Gasteiger partial charge in [0.1, 0.15) is 6.04 Å². The second-order valence-corrected chi connectivity index (χ2v) is 9.19. The summed E-state index contributed by atoms with van der Waals surface area (Å²) < 4.78 is 34.4. The van der Waals surface area contributed by atoms with Gasteiger partial charge in [-0.2, -0.15) is 12.6 Å². The van der Waals surface area contributed by atoms with Crippen LogP contribution in [0.15, 0.2) is 18.2 Å². The summed E-state index contributed by atoms with van der Waals surface area (Å²) in [6.45, 7) is 2.33. The van der Waals surface area contributed by atoms with Gasteiger partial charge < -0.3 is 30.3 Å². The lowest BCUT2D eigenvalue weighted by Crippen LogP contribution is -2.59. The Labute approximate surface area is 177 Å². The van der Waals surface area contributed by atoms with E-state index in [1.807, 2.05) is 0 Å². The number of hydrogen-bond acceptors (Lipinski definition) is 7. The van der Waals surface area contributed by atoms with Crippen LogP contribution in [0.5, 0.6) is 11.5 Å². The second kappa shape index (κ2) is 7.86. The van der Waals surface area contributed by atoms with Gasteiger partial charge in [0.15, 0.2) is 11.5 Å². The summed E-state index contributed by atoms with van der Waals surface area (Å²) in [5.41, 5.74) is -0.513. The van der Waals surface area contributed by atoms with Crippen LogP contribution < -0.4 is 20.1 Å². The number of carbonyl (C=O) groups excluding carboxylic acids is 2. The highest BCUT2D eigenvalue weighted by atomic mass is 32.1. The molecule has 0 aromatic heterocycles. The van der Waals surface area contributed by atoms with Crippen molar-refractivity contribution in [3.05, 3.63) is 23.8 Å². The van der Waals surface area contributed by atoms with Crippen LogP contribution in [0.2, 0.25) is 0 Å². The third-order valence-electron chi connectivity index (χ3n) is 5.17. The SMILES string of the molecule is CC(C)(S)C(NC(=O)C1(c2ccc3c(c2)OC(F)(F)O3)CC1)C(=O)NC(CO)CO. The van der Waals surface area contributed by atoms with Crippen LogP contribution in [0.3, 0.4) is 0 Å². The molecule has 0 saturated heterocycles. The Morgan fingerprint density at radius 1 is 1.17 bits per heavy atom. The topological polar surface area (TPSA) is 117 Å². The summed E-state index contributed by atoms with van der Waals surface area (Å²) in [4.78, 5) is 25.7. The van der Waals surface area contributed by atoms with Gasteiger partial charge in [-0.1, -0.05) is 6.07 Å². The minimum absolute atomic E-state index is 0.118. The molecule has 0 radical (unpaired) electrons. The van der Waals surface area contributed by atoms with Crippen molar-refractivity contribution in [1.82, 2.24) is 10.6 Å². The molecule has 4 N–H and O–H groups in total. The number of thiol groups is 1. The molecule has 0 spiro atoms. The van der Waals surface area contributed by atoms with Crippen molar-refractivity contribution in [3.8, 4) is 11.5 Å². The molecular weight excluding hydrogens is 422 g/mol. The molecule has 0 bridgehead atoms. The van der Waals surface area contributed by atoms with Gasteiger partial charge in [-0.15, -0.1) is 8.78 Å². The summed E-state index contributed by atoms with van der Waals surface area (Å²) in [5.74, 6) is -1.35. The van der Waals surface area contributed by atoms with E-state index in [2.05, 4.69) is 32.7 Å². The van der Waals surface area contributed by atoms with Crippen LogP contribution in [0.4, 0.5) is 8.78 Å². The van der Waals surface area contributed by atoms with Gasteiger partial charge in [-0.05, 0) is 44.4 Å². The molecule has 1 saturated carbocycles. The summed E-state index contributed by atoms with van der Waals surface area (Å²) >= 11 is 4.40. The van der Waals surface area contributed by atoms with E-state index in [0.29, 0.717) is 18.4 Å². The molecular formula is C19H24F2N2O6S. The number of benzene rings is 1. The van der Waals surface area contributed by atoms with Gasteiger partial charge in [-0.3, -0.25) is 9.59 Å². The highest BCUT2D eigenvalue weighted by molar-refractivity contribution is 7.81. The van der Waals surface area contributed by atoms with Crippen molar-refractivity contribution in [2.45, 2.75) is 55.2 Å². The lowest BCUT2D eigenvalue weighted by Gasteiger charge is -2.32. The minimum Gasteiger partial charge on any atom is -0.395 e. The molecule has 1 aromatic rings. The third kappa shape index (κ3) is 4.47. The first-order valence-corrected chi connectivity index (χ1v) is 9.82. The Kier molecular flexibility index (Phi) is 5.91. The van der Waals surface area contributed by atoms with Crippen LogP contribution in [0.25, 0.3) is 0 Å². The maximum Gasteiger partial charge on any atom is 0.586 e. The smallest absolute Gasteiger partial charge is 0.395 e. The van der Waals surface area contributed by atoms with Crippen molar-refractivity contribution in [2.24, 2.45) is 0 Å². The number of rotatable bonds is 8. The lowest BCUT2D eigenvalue weighted by molar-refractivity contribution is -0.286. The average Bonchev–Trinajstić information content (AvgIpc) is 3.39. The predicted octanol–water partition coefficient (Wildman–Crippen LogP) is 0.702. The highest BCUT2D eigenvalue weighted by Gasteiger charge is 2.54. The molecule has 1 aliphatic heterocycles. The van der Waals surface area contributed by atoms with Crippen LogP contribution in [-0.2, 0) is 15.0 Å². The van der Waals surface area contributed by atoms with E-state index in [4.69, 9.17) is 0 Å². The van der Waals surface area contributed by atoms with Gasteiger partial charge in [0.05, 0.1) is 24.7 Å². The number of aliphatic hydroxyl groups excluding tert-OH is 2. The van der Waals surface area contributed by atoms with Crippen molar-refractivity contribution in [1.29, 1.82) is 0 Å². The average molecular weight is 446 g/mol. The van der Waals surface area contributed by atoms with Gasteiger partial charge in [-0.25, -0.2) is 0 Å². The fourth-order valence-corrected chi connectivity index (χ4v) is 3.47. The zero-order chi connectivity index (χ0) is 22.3. The van der Waals surface area contributed by atoms with E-state index in [1.54, 1.807) is 13.8 Å². The van der Waals surface area contributed by atoms with Gasteiger partial charge in [0.25, 0.3) is 0 Å². The van der Waals surface area contributed by atoms with E-state index >= 15 is 0 Å². The van der Waals surface area contributed by atoms with Crippen molar-refractivity contribution < 1.29 is 38.1 Å². The maximum absolute atomic E-state index is 13.3. The number of amides is 2. The third-order valence-corrected chi connectivity index (χ3v) is 5.43. The van der Waals surface area contributed by atoms with Gasteiger partial charge in [0.2, 0.25) is 11.8 Å². The first-order valence-electron chi connectivity index (χ1n) is 9.38. The summed E-state index contributed by atoms with van der Waals surface area (Å²) in [7, 11) is 0. The minimum atomic E-state index is -3.75. The van der Waals surface area contributed by atoms with E-state index in [9.17, 15) is 28.6 Å². The van der Waals surface area contributed by atoms with Crippen LogP contribution in [0, 0.1) is 0 Å². The normalized spacial score (nSPS) is 19.3. The number of carbonyl (C=O) groups is 2.